The van der Waals surface area contributed by atoms with E-state index >= 15 is 0 Å². The molecule has 0 aliphatic rings. The van der Waals surface area contributed by atoms with Crippen molar-refractivity contribution < 1.29 is 0 Å². The molecule has 0 radical (unpaired) electrons. The van der Waals surface area contributed by atoms with Gasteiger partial charge < -0.3 is 0 Å². The first-order valence-electron chi connectivity index (χ1n) is 1.91. The molecule has 0 aromatic rings. The van der Waals surface area contributed by atoms with Gasteiger partial charge in [-0.2, -0.15) is 0 Å². The minimum absolute atomic E-state index is 0.486. The van der Waals surface area contributed by atoms with Crippen molar-refractivity contribution in [3.05, 3.63) is 0 Å². The lowest BCUT2D eigenvalue weighted by Crippen LogP contribution is -1.73. The van der Waals surface area contributed by atoms with Crippen LogP contribution in [0.15, 0.2) is 0 Å². The van der Waals surface area contributed by atoms with Gasteiger partial charge in [0.2, 0.25) is 0 Å². The maximum absolute atomic E-state index is 2.35. The van der Waals surface area contributed by atoms with Crippen LogP contribution in [-0.2, 0) is 0 Å². The molecule has 0 nitrogen and oxygen atoms in total. The lowest BCUT2D eigenvalue weighted by atomic mass is 11.9. The van der Waals surface area contributed by atoms with Crippen LogP contribution in [0.25, 0.3) is 0 Å². The summed E-state index contributed by atoms with van der Waals surface area (Å²) in [6.45, 7) is 2.35. The van der Waals surface area contributed by atoms with Gasteiger partial charge >= 0.3 is 0 Å². The Hall–Kier alpha value is 0.434. The average Bonchev–Trinajstić information content (AvgIpc) is 1.37. The predicted molar refractivity (Wildman–Crippen MR) is 29.2 cm³/mol. The Bertz CT molecular complexity index is 6.00. The number of hydrogen-bond acceptors (Lipinski definition) is 0. The largest absolute Gasteiger partial charge is 0.0751 e. The summed E-state index contributed by atoms with van der Waals surface area (Å²) in [6, 6.07) is 0. The molecule has 0 aliphatic heterocycles. The van der Waals surface area contributed by atoms with Crippen LogP contribution in [0.4, 0.5) is 0 Å². The summed E-state index contributed by atoms with van der Waals surface area (Å²) in [5, 5.41) is 0. The minimum atomic E-state index is 0.486. The monoisotopic (exact) mass is 90.0 g/mol. The third-order valence-corrected chi connectivity index (χ3v) is 4.50. The van der Waals surface area contributed by atoms with Gasteiger partial charge in [0.05, 0.1) is 0 Å². The van der Waals surface area contributed by atoms with E-state index in [0.29, 0.717) is 9.52 Å². The van der Waals surface area contributed by atoms with Crippen LogP contribution in [0, 0.1) is 0 Å². The summed E-state index contributed by atoms with van der Waals surface area (Å²) in [4.78, 5) is 0. The first-order valence-corrected chi connectivity index (χ1v) is 5.74. The van der Waals surface area contributed by atoms with E-state index in [0.717, 1.165) is 0 Å². The van der Waals surface area contributed by atoms with Gasteiger partial charge in [0, 0.05) is 9.52 Å². The molecule has 2 heteroatoms. The zero-order chi connectivity index (χ0) is 3.41. The Balaban J connectivity index is 1.97. The molecule has 0 aromatic heterocycles. The molecule has 0 amide bonds. The zero-order valence-electron chi connectivity index (χ0n) is 3.41. The second-order valence-corrected chi connectivity index (χ2v) is 6.00. The fraction of sp³-hybridized carbons (Fsp3) is 1.00. The van der Waals surface area contributed by atoms with Crippen molar-refractivity contribution in [2.75, 3.05) is 0 Å². The van der Waals surface area contributed by atoms with Gasteiger partial charge in [0.1, 0.15) is 0 Å². The Kier molecular flexibility index (Phi) is 3.81. The van der Waals surface area contributed by atoms with Gasteiger partial charge in [0.25, 0.3) is 0 Å². The Morgan fingerprint density at radius 3 is 2.25 bits per heavy atom. The van der Waals surface area contributed by atoms with Gasteiger partial charge in [-0.1, -0.05) is 12.2 Å². The first kappa shape index (κ1) is 4.43. The van der Waals surface area contributed by atoms with E-state index in [-0.39, 0.29) is 0 Å². The average molecular weight is 90.3 g/mol. The topological polar surface area (TPSA) is 0 Å². The molecule has 0 N–H and O–H groups in total. The molecule has 0 saturated carbocycles. The second kappa shape index (κ2) is 3.43. The normalized spacial score (nSPS) is 11.2. The molecular formula is C2H10Si2. The van der Waals surface area contributed by atoms with Crippen molar-refractivity contribution >= 4 is 19.8 Å². The molecule has 26 valence electrons. The third kappa shape index (κ3) is 2.43. The van der Waals surface area contributed by atoms with Gasteiger partial charge in [-0.15, -0.1) is 0 Å². The first-order chi connectivity index (χ1) is 1.91. The van der Waals surface area contributed by atoms with E-state index < -0.39 is 0 Å². The SMILES string of the molecule is C[SiH2]C[SiH3]. The van der Waals surface area contributed by atoms with Crippen molar-refractivity contribution in [2.45, 2.75) is 12.2 Å². The zero-order valence-corrected chi connectivity index (χ0v) is 6.83. The van der Waals surface area contributed by atoms with E-state index in [9.17, 15) is 0 Å². The van der Waals surface area contributed by atoms with Crippen LogP contribution in [0.1, 0.15) is 0 Å². The maximum Gasteiger partial charge on any atom is 0.0132 e. The van der Waals surface area contributed by atoms with Gasteiger partial charge in [-0.05, 0) is 10.2 Å². The van der Waals surface area contributed by atoms with Crippen LogP contribution in [0.2, 0.25) is 12.2 Å². The standard InChI is InChI=1S/C2H10Si2/c1-4-2-3/h2,4H2,1,3H3. The van der Waals surface area contributed by atoms with Crippen LogP contribution in [-0.4, -0.2) is 19.8 Å². The van der Waals surface area contributed by atoms with Crippen molar-refractivity contribution in [3.8, 4) is 0 Å². The summed E-state index contributed by atoms with van der Waals surface area (Å²) in [5.41, 5.74) is 1.60. The predicted octanol–water partition coefficient (Wildman–Crippen LogP) is -1.06. The minimum Gasteiger partial charge on any atom is -0.0751 e. The molecule has 0 saturated heterocycles. The summed E-state index contributed by atoms with van der Waals surface area (Å²) in [7, 11) is 1.94. The molecule has 0 aromatic carbocycles. The highest BCUT2D eigenvalue weighted by Crippen LogP contribution is 1.56. The van der Waals surface area contributed by atoms with Crippen molar-refractivity contribution in [3.63, 3.8) is 0 Å². The van der Waals surface area contributed by atoms with Gasteiger partial charge in [-0.25, -0.2) is 0 Å². The van der Waals surface area contributed by atoms with Gasteiger partial charge in [0.15, 0.2) is 0 Å². The molecule has 0 rings (SSSR count). The van der Waals surface area contributed by atoms with E-state index in [1.807, 2.05) is 0 Å². The summed E-state index contributed by atoms with van der Waals surface area (Å²) in [5.74, 6) is 0. The Morgan fingerprint density at radius 1 is 2.00 bits per heavy atom. The molecule has 0 heterocycles. The molecule has 0 spiro atoms. The van der Waals surface area contributed by atoms with E-state index in [1.54, 1.807) is 5.67 Å². The van der Waals surface area contributed by atoms with Gasteiger partial charge in [-0.3, -0.25) is 0 Å². The van der Waals surface area contributed by atoms with Crippen molar-refractivity contribution in [2.24, 2.45) is 0 Å². The highest BCUT2D eigenvalue weighted by atomic mass is 28.2. The molecule has 0 aliphatic carbocycles. The smallest absolute Gasteiger partial charge is 0.0132 e. The number of hydrogen-bond donors (Lipinski definition) is 0. The van der Waals surface area contributed by atoms with E-state index in [4.69, 9.17) is 0 Å². The van der Waals surface area contributed by atoms with Crippen molar-refractivity contribution in [1.29, 1.82) is 0 Å². The highest BCUT2D eigenvalue weighted by molar-refractivity contribution is 6.45. The summed E-state index contributed by atoms with van der Waals surface area (Å²) < 4.78 is 0. The van der Waals surface area contributed by atoms with E-state index in [2.05, 4.69) is 6.55 Å². The lowest BCUT2D eigenvalue weighted by Gasteiger charge is -1.65. The fourth-order valence-electron chi connectivity index (χ4n) is 0. The molecule has 4 heavy (non-hydrogen) atoms. The van der Waals surface area contributed by atoms with Crippen LogP contribution >= 0.6 is 0 Å². The maximum atomic E-state index is 2.35. The van der Waals surface area contributed by atoms with Crippen molar-refractivity contribution in [1.82, 2.24) is 0 Å². The molecule has 0 unspecified atom stereocenters. The fourth-order valence-corrected chi connectivity index (χ4v) is 0. The van der Waals surface area contributed by atoms with E-state index in [1.165, 1.54) is 10.2 Å². The second-order valence-electron chi connectivity index (χ2n) is 1.000. The van der Waals surface area contributed by atoms with Crippen LogP contribution in [0.5, 0.6) is 0 Å². The third-order valence-electron chi connectivity index (χ3n) is 0.500. The Labute approximate surface area is 32.8 Å². The quantitative estimate of drug-likeness (QED) is 0.360. The molecule has 0 atom stereocenters. The Morgan fingerprint density at radius 2 is 2.25 bits per heavy atom. The molecule has 0 fully saturated rings. The lowest BCUT2D eigenvalue weighted by molar-refractivity contribution is 2.00. The summed E-state index contributed by atoms with van der Waals surface area (Å²) >= 11 is 0. The molecule has 0 bridgehead atoms. The summed E-state index contributed by atoms with van der Waals surface area (Å²) in [6.07, 6.45) is 0. The highest BCUT2D eigenvalue weighted by Gasteiger charge is 1.59. The number of rotatable bonds is 1. The van der Waals surface area contributed by atoms with Crippen LogP contribution in [0.3, 0.4) is 0 Å². The van der Waals surface area contributed by atoms with Crippen LogP contribution < -0.4 is 0 Å². The molecular weight excluding hydrogens is 80.2 g/mol.